The van der Waals surface area contributed by atoms with E-state index in [-0.39, 0.29) is 11.9 Å². The smallest absolute Gasteiger partial charge is 0.244 e. The maximum atomic E-state index is 12.5. The molecule has 1 heterocycles. The highest BCUT2D eigenvalue weighted by atomic mass is 16.5. The fourth-order valence-electron chi connectivity index (χ4n) is 3.72. The number of fused-ring (bicyclic) bond motifs is 1. The average Bonchev–Trinajstić information content (AvgIpc) is 3.20. The molecular formula is C26H31NO6. The number of carbonyl (C=O) groups excluding carboxylic acids is 1. The average molecular weight is 454 g/mol. The van der Waals surface area contributed by atoms with E-state index in [9.17, 15) is 4.79 Å². The highest BCUT2D eigenvalue weighted by molar-refractivity contribution is 6.01. The van der Waals surface area contributed by atoms with Gasteiger partial charge in [0.25, 0.3) is 0 Å². The molecule has 1 amide bonds. The lowest BCUT2D eigenvalue weighted by Crippen LogP contribution is -2.34. The Morgan fingerprint density at radius 2 is 1.88 bits per heavy atom. The van der Waals surface area contributed by atoms with Crippen LogP contribution < -0.4 is 19.5 Å². The first-order chi connectivity index (χ1) is 15.9. The Bertz CT molecular complexity index is 1150. The zero-order valence-electron chi connectivity index (χ0n) is 20.0. The summed E-state index contributed by atoms with van der Waals surface area (Å²) >= 11 is 0. The number of allylic oxidation sites excluding steroid dienone is 1. The first-order valence-corrected chi connectivity index (χ1v) is 10.8. The van der Waals surface area contributed by atoms with Crippen molar-refractivity contribution in [1.82, 2.24) is 5.32 Å². The molecule has 3 aromatic rings. The third-order valence-corrected chi connectivity index (χ3v) is 5.25. The van der Waals surface area contributed by atoms with Crippen LogP contribution in [-0.4, -0.2) is 46.5 Å². The predicted octanol–water partition coefficient (Wildman–Crippen LogP) is 5.07. The minimum absolute atomic E-state index is 0.0959. The van der Waals surface area contributed by atoms with Gasteiger partial charge in [-0.1, -0.05) is 0 Å². The third-order valence-electron chi connectivity index (χ3n) is 5.25. The van der Waals surface area contributed by atoms with Gasteiger partial charge in [0, 0.05) is 47.4 Å². The molecule has 0 radical (unpaired) electrons. The van der Waals surface area contributed by atoms with Gasteiger partial charge >= 0.3 is 0 Å². The fourth-order valence-corrected chi connectivity index (χ4v) is 3.72. The van der Waals surface area contributed by atoms with E-state index in [0.717, 1.165) is 27.6 Å². The third kappa shape index (κ3) is 5.49. The molecule has 7 heteroatoms. The first kappa shape index (κ1) is 24.2. The number of hydrogen-bond acceptors (Lipinski definition) is 6. The van der Waals surface area contributed by atoms with Crippen molar-refractivity contribution in [3.05, 3.63) is 48.2 Å². The topological polar surface area (TPSA) is 79.2 Å². The molecule has 1 unspecified atom stereocenters. The number of amides is 1. The van der Waals surface area contributed by atoms with Gasteiger partial charge in [0.15, 0.2) is 0 Å². The van der Waals surface area contributed by atoms with Crippen LogP contribution >= 0.6 is 0 Å². The molecule has 0 fully saturated rings. The van der Waals surface area contributed by atoms with Crippen molar-refractivity contribution < 1.29 is 28.2 Å². The minimum atomic E-state index is -0.193. The Balaban J connectivity index is 2.10. The molecule has 1 aromatic heterocycles. The monoisotopic (exact) mass is 453 g/mol. The Morgan fingerprint density at radius 3 is 2.55 bits per heavy atom. The fraction of sp³-hybridized carbons (Fsp3) is 0.346. The standard InChI is InChI=1S/C26H31NO6/c1-7-32-24-13-25-21(12-19(24)16(2)10-26(28)27-17(3)14-29-4)22(15-33-25)20-11-18(30-5)8-9-23(20)31-6/h8-13,15,17H,7,14H2,1-6H3,(H,27,28)/b16-10+. The van der Waals surface area contributed by atoms with Gasteiger partial charge in [-0.05, 0) is 50.6 Å². The lowest BCUT2D eigenvalue weighted by molar-refractivity contribution is -0.117. The molecule has 0 saturated carbocycles. The first-order valence-electron chi connectivity index (χ1n) is 10.8. The van der Waals surface area contributed by atoms with Crippen molar-refractivity contribution in [2.45, 2.75) is 26.8 Å². The molecule has 0 spiro atoms. The highest BCUT2D eigenvalue weighted by Gasteiger charge is 2.18. The number of ether oxygens (including phenoxy) is 4. The van der Waals surface area contributed by atoms with Crippen molar-refractivity contribution >= 4 is 22.4 Å². The molecule has 1 N–H and O–H groups in total. The summed E-state index contributed by atoms with van der Waals surface area (Å²) in [6.07, 6.45) is 3.27. The SMILES string of the molecule is CCOc1cc2occ(-c3cc(OC)ccc3OC)c2cc1/C(C)=C/C(=O)NC(C)COC. The summed E-state index contributed by atoms with van der Waals surface area (Å²) in [5, 5.41) is 3.78. The molecule has 0 aliphatic heterocycles. The normalized spacial score (nSPS) is 12.5. The van der Waals surface area contributed by atoms with E-state index in [0.29, 0.717) is 36.0 Å². The number of benzene rings is 2. The molecule has 0 aliphatic carbocycles. The van der Waals surface area contributed by atoms with Crippen LogP contribution in [0.25, 0.3) is 27.7 Å². The Kier molecular flexibility index (Phi) is 8.01. The second-order valence-electron chi connectivity index (χ2n) is 7.69. The van der Waals surface area contributed by atoms with Crippen molar-refractivity contribution in [2.75, 3.05) is 34.5 Å². The van der Waals surface area contributed by atoms with E-state index in [2.05, 4.69) is 5.32 Å². The molecule has 0 saturated heterocycles. The summed E-state index contributed by atoms with van der Waals surface area (Å²) in [7, 11) is 4.85. The lowest BCUT2D eigenvalue weighted by atomic mass is 9.98. The van der Waals surface area contributed by atoms with Gasteiger partial charge in [0.1, 0.15) is 22.8 Å². The molecule has 33 heavy (non-hydrogen) atoms. The Morgan fingerprint density at radius 1 is 1.09 bits per heavy atom. The van der Waals surface area contributed by atoms with E-state index >= 15 is 0 Å². The number of rotatable bonds is 10. The molecule has 3 rings (SSSR count). The summed E-state index contributed by atoms with van der Waals surface area (Å²) in [5.74, 6) is 1.87. The van der Waals surface area contributed by atoms with Gasteiger partial charge in [-0.3, -0.25) is 4.79 Å². The van der Waals surface area contributed by atoms with Crippen LogP contribution in [0.2, 0.25) is 0 Å². The largest absolute Gasteiger partial charge is 0.497 e. The summed E-state index contributed by atoms with van der Waals surface area (Å²) in [6.45, 7) is 6.62. The number of nitrogens with one attached hydrogen (secondary N) is 1. The number of methoxy groups -OCH3 is 3. The van der Waals surface area contributed by atoms with Gasteiger partial charge in [0.05, 0.1) is 33.7 Å². The van der Waals surface area contributed by atoms with Crippen LogP contribution in [-0.2, 0) is 9.53 Å². The van der Waals surface area contributed by atoms with Gasteiger partial charge in [-0.25, -0.2) is 0 Å². The van der Waals surface area contributed by atoms with Crippen molar-refractivity contribution in [2.24, 2.45) is 0 Å². The van der Waals surface area contributed by atoms with E-state index in [1.54, 1.807) is 33.7 Å². The van der Waals surface area contributed by atoms with E-state index in [1.807, 2.05) is 51.1 Å². The van der Waals surface area contributed by atoms with Crippen LogP contribution in [0.15, 0.2) is 47.1 Å². The van der Waals surface area contributed by atoms with E-state index in [4.69, 9.17) is 23.4 Å². The molecular weight excluding hydrogens is 422 g/mol. The molecule has 176 valence electrons. The minimum Gasteiger partial charge on any atom is -0.497 e. The van der Waals surface area contributed by atoms with Crippen LogP contribution in [0, 0.1) is 0 Å². The molecule has 1 atom stereocenters. The Hall–Kier alpha value is -3.45. The Labute approximate surface area is 194 Å². The zero-order chi connectivity index (χ0) is 24.0. The number of hydrogen-bond donors (Lipinski definition) is 1. The molecule has 2 aromatic carbocycles. The molecule has 0 bridgehead atoms. The maximum Gasteiger partial charge on any atom is 0.244 e. The summed E-state index contributed by atoms with van der Waals surface area (Å²) in [5.41, 5.74) is 3.96. The van der Waals surface area contributed by atoms with Crippen molar-refractivity contribution in [3.63, 3.8) is 0 Å². The zero-order valence-corrected chi connectivity index (χ0v) is 20.0. The summed E-state index contributed by atoms with van der Waals surface area (Å²) in [6, 6.07) is 9.36. The second-order valence-corrected chi connectivity index (χ2v) is 7.69. The van der Waals surface area contributed by atoms with Crippen LogP contribution in [0.3, 0.4) is 0 Å². The quantitative estimate of drug-likeness (QED) is 0.432. The van der Waals surface area contributed by atoms with E-state index in [1.165, 1.54) is 0 Å². The van der Waals surface area contributed by atoms with Gasteiger partial charge < -0.3 is 28.7 Å². The second kappa shape index (κ2) is 10.9. The summed E-state index contributed by atoms with van der Waals surface area (Å²) in [4.78, 5) is 12.5. The van der Waals surface area contributed by atoms with Crippen molar-refractivity contribution in [1.29, 1.82) is 0 Å². The molecule has 7 nitrogen and oxygen atoms in total. The maximum absolute atomic E-state index is 12.5. The van der Waals surface area contributed by atoms with E-state index < -0.39 is 0 Å². The van der Waals surface area contributed by atoms with Gasteiger partial charge in [-0.15, -0.1) is 0 Å². The number of furan rings is 1. The predicted molar refractivity (Wildman–Crippen MR) is 129 cm³/mol. The molecule has 0 aliphatic rings. The number of carbonyl (C=O) groups is 1. The van der Waals surface area contributed by atoms with Crippen molar-refractivity contribution in [3.8, 4) is 28.4 Å². The van der Waals surface area contributed by atoms with Gasteiger partial charge in [0.2, 0.25) is 5.91 Å². The van der Waals surface area contributed by atoms with Gasteiger partial charge in [-0.2, -0.15) is 0 Å². The van der Waals surface area contributed by atoms with Crippen LogP contribution in [0.5, 0.6) is 17.2 Å². The van der Waals surface area contributed by atoms with Crippen LogP contribution in [0.1, 0.15) is 26.3 Å². The summed E-state index contributed by atoms with van der Waals surface area (Å²) < 4.78 is 27.8. The highest BCUT2D eigenvalue weighted by Crippen LogP contribution is 2.41. The van der Waals surface area contributed by atoms with Crippen LogP contribution in [0.4, 0.5) is 0 Å². The lowest BCUT2D eigenvalue weighted by Gasteiger charge is -2.14.